The molecule has 5 heteroatoms. The zero-order chi connectivity index (χ0) is 22.0. The van der Waals surface area contributed by atoms with Crippen molar-refractivity contribution in [2.24, 2.45) is 0 Å². The molecule has 0 saturated heterocycles. The summed E-state index contributed by atoms with van der Waals surface area (Å²) in [5, 5.41) is 7.49. The van der Waals surface area contributed by atoms with Gasteiger partial charge in [0.05, 0.1) is 5.69 Å². The third-order valence-corrected chi connectivity index (χ3v) is 5.44. The van der Waals surface area contributed by atoms with Gasteiger partial charge in [-0.1, -0.05) is 48.9 Å². The van der Waals surface area contributed by atoms with E-state index >= 15 is 0 Å². The number of nitrogens with zero attached hydrogens (tertiary/aromatic N) is 3. The highest BCUT2D eigenvalue weighted by Gasteiger charge is 2.19. The number of aryl methyl sites for hydroxylation is 4. The number of carbonyl (C=O) groups excluding carboxylic acids is 1. The highest BCUT2D eigenvalue weighted by Crippen LogP contribution is 2.24. The van der Waals surface area contributed by atoms with E-state index in [4.69, 9.17) is 0 Å². The zero-order valence-corrected chi connectivity index (χ0v) is 18.3. The standard InChI is InChI=1S/C26H26N4O/c1-5-20-10-12-22(13-11-20)27-26(31)24-28-25(21-8-6-7-17(2)15-21)30(29-24)23-14-9-18(3)19(4)16-23/h6-16H,5H2,1-4H3,(H,27,31). The average molecular weight is 411 g/mol. The van der Waals surface area contributed by atoms with Crippen molar-refractivity contribution in [3.8, 4) is 17.1 Å². The summed E-state index contributed by atoms with van der Waals surface area (Å²) in [5.41, 5.74) is 7.21. The molecule has 1 aromatic heterocycles. The van der Waals surface area contributed by atoms with Crippen molar-refractivity contribution < 1.29 is 4.79 Å². The summed E-state index contributed by atoms with van der Waals surface area (Å²) >= 11 is 0. The molecule has 0 radical (unpaired) electrons. The summed E-state index contributed by atoms with van der Waals surface area (Å²) in [7, 11) is 0. The molecule has 4 rings (SSSR count). The highest BCUT2D eigenvalue weighted by molar-refractivity contribution is 6.01. The van der Waals surface area contributed by atoms with Gasteiger partial charge in [-0.15, -0.1) is 5.10 Å². The van der Waals surface area contributed by atoms with Crippen molar-refractivity contribution in [2.45, 2.75) is 34.1 Å². The number of rotatable bonds is 5. The zero-order valence-electron chi connectivity index (χ0n) is 18.3. The number of aromatic nitrogens is 3. The quantitative estimate of drug-likeness (QED) is 0.461. The van der Waals surface area contributed by atoms with E-state index in [-0.39, 0.29) is 11.7 Å². The van der Waals surface area contributed by atoms with Crippen molar-refractivity contribution in [2.75, 3.05) is 5.32 Å². The first-order chi connectivity index (χ1) is 14.9. The van der Waals surface area contributed by atoms with Gasteiger partial charge in [-0.25, -0.2) is 9.67 Å². The van der Waals surface area contributed by atoms with Gasteiger partial charge in [0.15, 0.2) is 5.82 Å². The molecule has 0 bridgehead atoms. The van der Waals surface area contributed by atoms with E-state index in [0.717, 1.165) is 34.5 Å². The van der Waals surface area contributed by atoms with Gasteiger partial charge < -0.3 is 5.32 Å². The Morgan fingerprint density at radius 3 is 2.39 bits per heavy atom. The first kappa shape index (κ1) is 20.5. The summed E-state index contributed by atoms with van der Waals surface area (Å²) in [6.07, 6.45) is 0.954. The van der Waals surface area contributed by atoms with Gasteiger partial charge in [-0.3, -0.25) is 4.79 Å². The second kappa shape index (κ2) is 8.56. The topological polar surface area (TPSA) is 59.8 Å². The Labute approximate surface area is 182 Å². The van der Waals surface area contributed by atoms with Crippen LogP contribution < -0.4 is 5.32 Å². The number of carbonyl (C=O) groups is 1. The van der Waals surface area contributed by atoms with E-state index in [9.17, 15) is 4.79 Å². The van der Waals surface area contributed by atoms with Crippen LogP contribution in [0.15, 0.2) is 66.7 Å². The third-order valence-electron chi connectivity index (χ3n) is 5.44. The Hall–Kier alpha value is -3.73. The molecule has 31 heavy (non-hydrogen) atoms. The molecule has 0 aliphatic heterocycles. The van der Waals surface area contributed by atoms with Gasteiger partial charge in [0.1, 0.15) is 0 Å². The van der Waals surface area contributed by atoms with Crippen molar-refractivity contribution in [1.82, 2.24) is 14.8 Å². The Morgan fingerprint density at radius 1 is 0.935 bits per heavy atom. The van der Waals surface area contributed by atoms with E-state index in [1.165, 1.54) is 11.1 Å². The fourth-order valence-electron chi connectivity index (χ4n) is 3.43. The molecule has 1 amide bonds. The molecule has 0 aliphatic rings. The molecule has 0 saturated carbocycles. The van der Waals surface area contributed by atoms with Crippen LogP contribution in [0.5, 0.6) is 0 Å². The van der Waals surface area contributed by atoms with E-state index < -0.39 is 0 Å². The van der Waals surface area contributed by atoms with E-state index in [1.54, 1.807) is 4.68 Å². The van der Waals surface area contributed by atoms with Crippen LogP contribution in [-0.2, 0) is 6.42 Å². The minimum atomic E-state index is -0.333. The molecule has 0 spiro atoms. The summed E-state index contributed by atoms with van der Waals surface area (Å²) in [6.45, 7) is 8.28. The average Bonchev–Trinajstić information content (AvgIpc) is 3.22. The maximum atomic E-state index is 12.9. The summed E-state index contributed by atoms with van der Waals surface area (Å²) < 4.78 is 1.75. The molecule has 0 atom stereocenters. The highest BCUT2D eigenvalue weighted by atomic mass is 16.2. The van der Waals surface area contributed by atoms with Crippen LogP contribution >= 0.6 is 0 Å². The van der Waals surface area contributed by atoms with Crippen molar-refractivity contribution in [3.05, 3.63) is 94.8 Å². The number of amides is 1. The molecule has 1 N–H and O–H groups in total. The van der Waals surface area contributed by atoms with Crippen molar-refractivity contribution in [1.29, 1.82) is 0 Å². The Bertz CT molecular complexity index is 1240. The molecular formula is C26H26N4O. The van der Waals surface area contributed by atoms with Crippen LogP contribution in [0.1, 0.15) is 39.8 Å². The van der Waals surface area contributed by atoms with Crippen LogP contribution in [-0.4, -0.2) is 20.7 Å². The largest absolute Gasteiger partial charge is 0.319 e. The first-order valence-corrected chi connectivity index (χ1v) is 10.5. The normalized spacial score (nSPS) is 10.8. The molecule has 3 aromatic carbocycles. The van der Waals surface area contributed by atoms with Crippen LogP contribution in [0.3, 0.4) is 0 Å². The van der Waals surface area contributed by atoms with Crippen LogP contribution in [0.25, 0.3) is 17.1 Å². The molecule has 4 aromatic rings. The minimum Gasteiger partial charge on any atom is -0.319 e. The molecule has 0 fully saturated rings. The predicted molar refractivity (Wildman–Crippen MR) is 125 cm³/mol. The molecule has 5 nitrogen and oxygen atoms in total. The van der Waals surface area contributed by atoms with Gasteiger partial charge in [0.25, 0.3) is 5.91 Å². The lowest BCUT2D eigenvalue weighted by Crippen LogP contribution is -2.14. The molecule has 1 heterocycles. The Morgan fingerprint density at radius 2 is 1.71 bits per heavy atom. The Balaban J connectivity index is 1.74. The first-order valence-electron chi connectivity index (χ1n) is 10.5. The SMILES string of the molecule is CCc1ccc(NC(=O)c2nc(-c3cccc(C)c3)n(-c3ccc(C)c(C)c3)n2)cc1. The van der Waals surface area contributed by atoms with Gasteiger partial charge >= 0.3 is 0 Å². The van der Waals surface area contributed by atoms with Crippen LogP contribution in [0.2, 0.25) is 0 Å². The lowest BCUT2D eigenvalue weighted by molar-refractivity contribution is 0.101. The maximum absolute atomic E-state index is 12.9. The minimum absolute atomic E-state index is 0.134. The third kappa shape index (κ3) is 4.40. The fraction of sp³-hybridized carbons (Fsp3) is 0.192. The number of hydrogen-bond acceptors (Lipinski definition) is 3. The second-order valence-electron chi connectivity index (χ2n) is 7.81. The number of benzene rings is 3. The monoisotopic (exact) mass is 410 g/mol. The Kier molecular flexibility index (Phi) is 5.67. The smallest absolute Gasteiger partial charge is 0.295 e. The summed E-state index contributed by atoms with van der Waals surface area (Å²) in [6, 6.07) is 22.0. The van der Waals surface area contributed by atoms with Crippen molar-refractivity contribution >= 4 is 11.6 Å². The summed E-state index contributed by atoms with van der Waals surface area (Å²) in [4.78, 5) is 17.6. The molecule has 156 valence electrons. The maximum Gasteiger partial charge on any atom is 0.295 e. The second-order valence-corrected chi connectivity index (χ2v) is 7.81. The molecular weight excluding hydrogens is 384 g/mol. The van der Waals surface area contributed by atoms with Crippen molar-refractivity contribution in [3.63, 3.8) is 0 Å². The lowest BCUT2D eigenvalue weighted by atomic mass is 10.1. The van der Waals surface area contributed by atoms with Crippen LogP contribution in [0.4, 0.5) is 5.69 Å². The van der Waals surface area contributed by atoms with Gasteiger partial charge in [-0.05, 0) is 74.2 Å². The lowest BCUT2D eigenvalue weighted by Gasteiger charge is -2.09. The van der Waals surface area contributed by atoms with E-state index in [1.807, 2.05) is 61.5 Å². The van der Waals surface area contributed by atoms with E-state index in [2.05, 4.69) is 48.3 Å². The number of hydrogen-bond donors (Lipinski definition) is 1. The number of anilines is 1. The van der Waals surface area contributed by atoms with E-state index in [0.29, 0.717) is 5.82 Å². The van der Waals surface area contributed by atoms with Gasteiger partial charge in [0.2, 0.25) is 5.82 Å². The van der Waals surface area contributed by atoms with Gasteiger partial charge in [-0.2, -0.15) is 0 Å². The molecule has 0 aliphatic carbocycles. The van der Waals surface area contributed by atoms with Gasteiger partial charge in [0, 0.05) is 11.3 Å². The predicted octanol–water partition coefficient (Wildman–Crippen LogP) is 5.67. The van der Waals surface area contributed by atoms with Crippen LogP contribution in [0, 0.1) is 20.8 Å². The number of nitrogens with one attached hydrogen (secondary N) is 1. The fourth-order valence-corrected chi connectivity index (χ4v) is 3.43. The summed E-state index contributed by atoms with van der Waals surface area (Å²) in [5.74, 6) is 0.438. The molecule has 0 unspecified atom stereocenters.